The third kappa shape index (κ3) is 4.43. The second-order valence-electron chi connectivity index (χ2n) is 7.53. The Balaban J connectivity index is 1.66. The Morgan fingerprint density at radius 2 is 1.74 bits per heavy atom. The summed E-state index contributed by atoms with van der Waals surface area (Å²) >= 11 is 5.87. The molecule has 0 bridgehead atoms. The van der Waals surface area contributed by atoms with Gasteiger partial charge in [-0.15, -0.1) is 0 Å². The van der Waals surface area contributed by atoms with E-state index in [4.69, 9.17) is 11.6 Å². The number of benzene rings is 1. The molecule has 0 spiro atoms. The minimum atomic E-state index is -1.15. The summed E-state index contributed by atoms with van der Waals surface area (Å²) in [6.45, 7) is 0.901. The Morgan fingerprint density at radius 3 is 2.37 bits per heavy atom. The number of likely N-dealkylation sites (tertiary alicyclic amines) is 1. The van der Waals surface area contributed by atoms with Crippen molar-refractivity contribution >= 4 is 29.4 Å². The van der Waals surface area contributed by atoms with Crippen LogP contribution in [0.5, 0.6) is 0 Å². The van der Waals surface area contributed by atoms with Crippen molar-refractivity contribution in [3.63, 3.8) is 0 Å². The zero-order chi connectivity index (χ0) is 19.4. The number of piperidine rings is 1. The molecule has 146 valence electrons. The summed E-state index contributed by atoms with van der Waals surface area (Å²) in [5.41, 5.74) is -0.618. The van der Waals surface area contributed by atoms with Crippen molar-refractivity contribution in [1.29, 1.82) is 0 Å². The molecule has 0 aromatic heterocycles. The molecule has 1 atom stereocenters. The minimum absolute atomic E-state index is 0.130. The maximum atomic E-state index is 12.8. The van der Waals surface area contributed by atoms with Crippen molar-refractivity contribution in [3.8, 4) is 0 Å². The number of rotatable bonds is 4. The number of nitrogens with zero attached hydrogens (tertiary/aromatic N) is 1. The van der Waals surface area contributed by atoms with Gasteiger partial charge in [0, 0.05) is 23.7 Å². The van der Waals surface area contributed by atoms with Gasteiger partial charge < -0.3 is 15.3 Å². The third-order valence-corrected chi connectivity index (χ3v) is 5.90. The molecule has 27 heavy (non-hydrogen) atoms. The monoisotopic (exact) mass is 392 g/mol. The highest BCUT2D eigenvalue weighted by Gasteiger charge is 2.42. The number of carbonyl (C=O) groups is 3. The zero-order valence-corrected chi connectivity index (χ0v) is 16.0. The SMILES string of the molecule is O=C(NC1(C(=O)O)CCCCC1)C1CCCN(C(=O)c2ccc(Cl)cc2)C1. The second-order valence-corrected chi connectivity index (χ2v) is 7.97. The third-order valence-electron chi connectivity index (χ3n) is 5.65. The molecule has 0 radical (unpaired) electrons. The summed E-state index contributed by atoms with van der Waals surface area (Å²) in [6, 6.07) is 6.69. The first-order chi connectivity index (χ1) is 12.9. The number of carboxylic acids is 1. The highest BCUT2D eigenvalue weighted by molar-refractivity contribution is 6.30. The average Bonchev–Trinajstić information content (AvgIpc) is 2.68. The van der Waals surface area contributed by atoms with Gasteiger partial charge >= 0.3 is 5.97 Å². The lowest BCUT2D eigenvalue weighted by Gasteiger charge is -2.37. The van der Waals surface area contributed by atoms with Gasteiger partial charge in [0.25, 0.3) is 5.91 Å². The van der Waals surface area contributed by atoms with E-state index in [0.717, 1.165) is 25.7 Å². The predicted octanol–water partition coefficient (Wildman–Crippen LogP) is 3.10. The fourth-order valence-corrected chi connectivity index (χ4v) is 4.16. The molecule has 3 rings (SSSR count). The Morgan fingerprint density at radius 1 is 1.07 bits per heavy atom. The largest absolute Gasteiger partial charge is 0.480 e. The molecule has 2 fully saturated rings. The lowest BCUT2D eigenvalue weighted by molar-refractivity contribution is -0.150. The Hall–Kier alpha value is -2.08. The molecule has 1 aromatic carbocycles. The van der Waals surface area contributed by atoms with Gasteiger partial charge in [0.15, 0.2) is 0 Å². The predicted molar refractivity (Wildman–Crippen MR) is 102 cm³/mol. The fraction of sp³-hybridized carbons (Fsp3) is 0.550. The van der Waals surface area contributed by atoms with Crippen molar-refractivity contribution in [2.24, 2.45) is 5.92 Å². The zero-order valence-electron chi connectivity index (χ0n) is 15.2. The number of carbonyl (C=O) groups excluding carboxylic acids is 2. The van der Waals surface area contributed by atoms with Gasteiger partial charge in [0.2, 0.25) is 5.91 Å². The number of carboxylic acid groups (broad SMARTS) is 1. The van der Waals surface area contributed by atoms with Crippen molar-refractivity contribution < 1.29 is 19.5 Å². The van der Waals surface area contributed by atoms with E-state index < -0.39 is 11.5 Å². The molecule has 1 aliphatic carbocycles. The molecule has 1 saturated heterocycles. The first-order valence-electron chi connectivity index (χ1n) is 9.51. The summed E-state index contributed by atoms with van der Waals surface area (Å²) in [4.78, 5) is 39.0. The number of hydrogen-bond donors (Lipinski definition) is 2. The minimum Gasteiger partial charge on any atom is -0.480 e. The van der Waals surface area contributed by atoms with E-state index in [2.05, 4.69) is 5.32 Å². The molecule has 1 aliphatic heterocycles. The van der Waals surface area contributed by atoms with Gasteiger partial charge in [-0.25, -0.2) is 4.79 Å². The van der Waals surface area contributed by atoms with Crippen LogP contribution in [0.15, 0.2) is 24.3 Å². The van der Waals surface area contributed by atoms with Crippen LogP contribution in [0.2, 0.25) is 5.02 Å². The fourth-order valence-electron chi connectivity index (χ4n) is 4.04. The van der Waals surface area contributed by atoms with E-state index in [-0.39, 0.29) is 17.7 Å². The second kappa shape index (κ2) is 8.30. The van der Waals surface area contributed by atoms with Gasteiger partial charge in [-0.1, -0.05) is 30.9 Å². The molecule has 1 aromatic rings. The van der Waals surface area contributed by atoms with Crippen LogP contribution in [0.1, 0.15) is 55.3 Å². The maximum Gasteiger partial charge on any atom is 0.329 e. The van der Waals surface area contributed by atoms with E-state index in [1.807, 2.05) is 0 Å². The molecule has 2 amide bonds. The number of halogens is 1. The summed E-state index contributed by atoms with van der Waals surface area (Å²) in [7, 11) is 0. The van der Waals surface area contributed by atoms with Gasteiger partial charge in [-0.05, 0) is 49.9 Å². The number of amides is 2. The molecule has 1 unspecified atom stereocenters. The van der Waals surface area contributed by atoms with Crippen LogP contribution >= 0.6 is 11.6 Å². The van der Waals surface area contributed by atoms with Gasteiger partial charge in [0.1, 0.15) is 5.54 Å². The Labute approximate surface area is 163 Å². The highest BCUT2D eigenvalue weighted by Crippen LogP contribution is 2.30. The summed E-state index contributed by atoms with van der Waals surface area (Å²) in [6.07, 6.45) is 4.92. The average molecular weight is 393 g/mol. The first-order valence-corrected chi connectivity index (χ1v) is 9.89. The molecule has 6 nitrogen and oxygen atoms in total. The molecular formula is C20H25ClN2O4. The van der Waals surface area contributed by atoms with Gasteiger partial charge in [0.05, 0.1) is 5.92 Å². The summed E-state index contributed by atoms with van der Waals surface area (Å²) < 4.78 is 0. The lowest BCUT2D eigenvalue weighted by atomic mass is 9.81. The van der Waals surface area contributed by atoms with Gasteiger partial charge in [-0.2, -0.15) is 0 Å². The van der Waals surface area contributed by atoms with Crippen LogP contribution in [-0.2, 0) is 9.59 Å². The van der Waals surface area contributed by atoms with Crippen LogP contribution < -0.4 is 5.32 Å². The van der Waals surface area contributed by atoms with E-state index in [0.29, 0.717) is 42.9 Å². The molecule has 2 N–H and O–H groups in total. The summed E-state index contributed by atoms with van der Waals surface area (Å²) in [5, 5.41) is 13.0. The number of hydrogen-bond acceptors (Lipinski definition) is 3. The Bertz CT molecular complexity index is 713. The van der Waals surface area contributed by atoms with E-state index >= 15 is 0 Å². The van der Waals surface area contributed by atoms with E-state index in [9.17, 15) is 19.5 Å². The molecule has 1 heterocycles. The first kappa shape index (κ1) is 19.7. The normalized spacial score (nSPS) is 22.1. The van der Waals surface area contributed by atoms with Crippen LogP contribution in [0.4, 0.5) is 0 Å². The lowest BCUT2D eigenvalue weighted by Crippen LogP contribution is -2.58. The molecular weight excluding hydrogens is 368 g/mol. The van der Waals surface area contributed by atoms with Crippen molar-refractivity contribution in [2.45, 2.75) is 50.5 Å². The van der Waals surface area contributed by atoms with Crippen molar-refractivity contribution in [1.82, 2.24) is 10.2 Å². The van der Waals surface area contributed by atoms with Crippen molar-refractivity contribution in [3.05, 3.63) is 34.9 Å². The van der Waals surface area contributed by atoms with E-state index in [1.54, 1.807) is 29.2 Å². The van der Waals surface area contributed by atoms with Crippen LogP contribution in [0, 0.1) is 5.92 Å². The van der Waals surface area contributed by atoms with E-state index in [1.165, 1.54) is 0 Å². The topological polar surface area (TPSA) is 86.7 Å². The molecule has 1 saturated carbocycles. The summed E-state index contributed by atoms with van der Waals surface area (Å²) in [5.74, 6) is -1.73. The van der Waals surface area contributed by atoms with Crippen LogP contribution in [-0.4, -0.2) is 46.4 Å². The van der Waals surface area contributed by atoms with Crippen LogP contribution in [0.3, 0.4) is 0 Å². The Kier molecular flexibility index (Phi) is 6.05. The van der Waals surface area contributed by atoms with Crippen molar-refractivity contribution in [2.75, 3.05) is 13.1 Å². The maximum absolute atomic E-state index is 12.8. The smallest absolute Gasteiger partial charge is 0.329 e. The number of nitrogens with one attached hydrogen (secondary N) is 1. The molecule has 2 aliphatic rings. The highest BCUT2D eigenvalue weighted by atomic mass is 35.5. The quantitative estimate of drug-likeness (QED) is 0.824. The van der Waals surface area contributed by atoms with Gasteiger partial charge in [-0.3, -0.25) is 9.59 Å². The van der Waals surface area contributed by atoms with Crippen LogP contribution in [0.25, 0.3) is 0 Å². The number of aliphatic carboxylic acids is 1. The standard InChI is InChI=1S/C20H25ClN2O4/c21-16-8-6-14(7-9-16)18(25)23-12-4-5-15(13-23)17(24)22-20(19(26)27)10-2-1-3-11-20/h6-9,15H,1-5,10-13H2,(H,22,24)(H,26,27). The molecule has 7 heteroatoms.